The van der Waals surface area contributed by atoms with Gasteiger partial charge in [-0.3, -0.25) is 0 Å². The molecule has 1 heterocycles. The van der Waals surface area contributed by atoms with Crippen LogP contribution in [-0.2, 0) is 0 Å². The van der Waals surface area contributed by atoms with E-state index in [4.69, 9.17) is 4.74 Å². The van der Waals surface area contributed by atoms with Gasteiger partial charge in [-0.15, -0.1) is 0 Å². The minimum Gasteiger partial charge on any atom is -0.487 e. The van der Waals surface area contributed by atoms with Crippen LogP contribution in [0.3, 0.4) is 0 Å². The molecule has 0 saturated heterocycles. The van der Waals surface area contributed by atoms with E-state index in [-0.39, 0.29) is 5.60 Å². The first-order valence-corrected chi connectivity index (χ1v) is 7.59. The average Bonchev–Trinajstić information content (AvgIpc) is 2.30. The standard InChI is InChI=1S/C15H22BrNO/c1-4-8-15(3)10-13(17-5-2)12-9-11(16)6-7-14(12)18-15/h6-7,9,13,17H,4-5,8,10H2,1-3H3. The van der Waals surface area contributed by atoms with Crippen molar-refractivity contribution in [1.29, 1.82) is 0 Å². The summed E-state index contributed by atoms with van der Waals surface area (Å²) in [5.41, 5.74) is 1.24. The van der Waals surface area contributed by atoms with Crippen molar-refractivity contribution in [3.8, 4) is 5.75 Å². The smallest absolute Gasteiger partial charge is 0.124 e. The summed E-state index contributed by atoms with van der Waals surface area (Å²) in [4.78, 5) is 0. The lowest BCUT2D eigenvalue weighted by atomic mass is 9.85. The molecule has 1 aliphatic rings. The van der Waals surface area contributed by atoms with Crippen molar-refractivity contribution < 1.29 is 4.74 Å². The van der Waals surface area contributed by atoms with E-state index in [9.17, 15) is 0 Å². The molecule has 0 radical (unpaired) electrons. The first-order chi connectivity index (χ1) is 8.58. The summed E-state index contributed by atoms with van der Waals surface area (Å²) in [6.07, 6.45) is 3.30. The summed E-state index contributed by atoms with van der Waals surface area (Å²) in [7, 11) is 0. The molecule has 1 aliphatic heterocycles. The zero-order chi connectivity index (χ0) is 13.2. The number of ether oxygens (including phenoxy) is 1. The van der Waals surface area contributed by atoms with Gasteiger partial charge in [-0.05, 0) is 38.1 Å². The lowest BCUT2D eigenvalue weighted by Gasteiger charge is -2.40. The van der Waals surface area contributed by atoms with Gasteiger partial charge in [0.25, 0.3) is 0 Å². The zero-order valence-corrected chi connectivity index (χ0v) is 13.0. The third kappa shape index (κ3) is 2.89. The maximum absolute atomic E-state index is 6.23. The fourth-order valence-corrected chi connectivity index (χ4v) is 3.22. The molecule has 1 aromatic rings. The number of nitrogens with one attached hydrogen (secondary N) is 1. The number of halogens is 1. The highest BCUT2D eigenvalue weighted by Gasteiger charge is 2.36. The molecule has 1 N–H and O–H groups in total. The van der Waals surface area contributed by atoms with Crippen LogP contribution in [0.1, 0.15) is 51.6 Å². The number of hydrogen-bond donors (Lipinski definition) is 1. The second-order valence-electron chi connectivity index (χ2n) is 5.30. The monoisotopic (exact) mass is 311 g/mol. The third-order valence-corrected chi connectivity index (χ3v) is 4.06. The number of benzene rings is 1. The molecule has 0 aromatic heterocycles. The van der Waals surface area contributed by atoms with Crippen LogP contribution >= 0.6 is 15.9 Å². The van der Waals surface area contributed by atoms with Crippen molar-refractivity contribution in [3.63, 3.8) is 0 Å². The molecule has 0 bridgehead atoms. The topological polar surface area (TPSA) is 21.3 Å². The number of hydrogen-bond acceptors (Lipinski definition) is 2. The third-order valence-electron chi connectivity index (χ3n) is 3.57. The highest BCUT2D eigenvalue weighted by atomic mass is 79.9. The van der Waals surface area contributed by atoms with Crippen molar-refractivity contribution in [2.45, 2.75) is 51.7 Å². The van der Waals surface area contributed by atoms with E-state index in [1.807, 2.05) is 0 Å². The van der Waals surface area contributed by atoms with Crippen LogP contribution in [0.2, 0.25) is 0 Å². The van der Waals surface area contributed by atoms with Crippen LogP contribution in [0.4, 0.5) is 0 Å². The highest BCUT2D eigenvalue weighted by molar-refractivity contribution is 9.10. The van der Waals surface area contributed by atoms with Gasteiger partial charge in [0, 0.05) is 22.5 Å². The minimum absolute atomic E-state index is 0.0393. The van der Waals surface area contributed by atoms with Gasteiger partial charge in [0.2, 0.25) is 0 Å². The molecule has 0 fully saturated rings. The maximum atomic E-state index is 6.23. The van der Waals surface area contributed by atoms with Crippen LogP contribution in [0.5, 0.6) is 5.75 Å². The Morgan fingerprint density at radius 2 is 2.22 bits per heavy atom. The Morgan fingerprint density at radius 3 is 2.89 bits per heavy atom. The first kappa shape index (κ1) is 13.9. The van der Waals surface area contributed by atoms with Gasteiger partial charge in [0.1, 0.15) is 11.4 Å². The molecule has 2 unspecified atom stereocenters. The van der Waals surface area contributed by atoms with E-state index in [1.54, 1.807) is 0 Å². The molecule has 0 spiro atoms. The second kappa shape index (κ2) is 5.62. The molecule has 3 heteroatoms. The SMILES string of the molecule is CCCC1(C)CC(NCC)c2cc(Br)ccc2O1. The molecule has 2 atom stereocenters. The van der Waals surface area contributed by atoms with Crippen LogP contribution in [0, 0.1) is 0 Å². The predicted octanol–water partition coefficient (Wildman–Crippen LogP) is 4.44. The molecule has 100 valence electrons. The Balaban J connectivity index is 2.33. The van der Waals surface area contributed by atoms with Crippen molar-refractivity contribution in [2.75, 3.05) is 6.54 Å². The normalized spacial score (nSPS) is 26.6. The summed E-state index contributed by atoms with van der Waals surface area (Å²) >= 11 is 3.54. The van der Waals surface area contributed by atoms with Gasteiger partial charge >= 0.3 is 0 Å². The molecule has 0 aliphatic carbocycles. The average molecular weight is 312 g/mol. The fourth-order valence-electron chi connectivity index (χ4n) is 2.84. The Labute approximate surface area is 118 Å². The Morgan fingerprint density at radius 1 is 1.44 bits per heavy atom. The summed E-state index contributed by atoms with van der Waals surface area (Å²) in [5, 5.41) is 3.58. The van der Waals surface area contributed by atoms with Crippen molar-refractivity contribution in [3.05, 3.63) is 28.2 Å². The summed E-state index contributed by atoms with van der Waals surface area (Å²) in [6.45, 7) is 7.59. The van der Waals surface area contributed by atoms with Crippen LogP contribution in [-0.4, -0.2) is 12.1 Å². The summed E-state index contributed by atoms with van der Waals surface area (Å²) in [5.74, 6) is 1.03. The molecule has 0 amide bonds. The van der Waals surface area contributed by atoms with Gasteiger partial charge in [0.15, 0.2) is 0 Å². The number of fused-ring (bicyclic) bond motifs is 1. The largest absolute Gasteiger partial charge is 0.487 e. The van der Waals surface area contributed by atoms with Gasteiger partial charge < -0.3 is 10.1 Å². The van der Waals surface area contributed by atoms with E-state index < -0.39 is 0 Å². The van der Waals surface area contributed by atoms with Gasteiger partial charge in [-0.25, -0.2) is 0 Å². The summed E-state index contributed by atoms with van der Waals surface area (Å²) in [6, 6.07) is 6.71. The predicted molar refractivity (Wildman–Crippen MR) is 79.1 cm³/mol. The van der Waals surface area contributed by atoms with Crippen molar-refractivity contribution in [1.82, 2.24) is 5.32 Å². The molecular weight excluding hydrogens is 290 g/mol. The molecule has 18 heavy (non-hydrogen) atoms. The van der Waals surface area contributed by atoms with Crippen molar-refractivity contribution >= 4 is 15.9 Å². The van der Waals surface area contributed by atoms with E-state index in [2.05, 4.69) is 60.2 Å². The van der Waals surface area contributed by atoms with E-state index in [1.165, 1.54) is 5.56 Å². The Bertz CT molecular complexity index is 421. The molecule has 0 saturated carbocycles. The van der Waals surface area contributed by atoms with E-state index in [0.717, 1.165) is 36.0 Å². The lowest BCUT2D eigenvalue weighted by molar-refractivity contribution is 0.0393. The Hall–Kier alpha value is -0.540. The van der Waals surface area contributed by atoms with Gasteiger partial charge in [0.05, 0.1) is 0 Å². The van der Waals surface area contributed by atoms with Gasteiger partial charge in [-0.1, -0.05) is 36.2 Å². The number of rotatable bonds is 4. The van der Waals surface area contributed by atoms with E-state index >= 15 is 0 Å². The zero-order valence-electron chi connectivity index (χ0n) is 11.4. The second-order valence-corrected chi connectivity index (χ2v) is 6.21. The lowest BCUT2D eigenvalue weighted by Crippen LogP contribution is -2.41. The molecule has 1 aromatic carbocycles. The molecular formula is C15H22BrNO. The first-order valence-electron chi connectivity index (χ1n) is 6.80. The van der Waals surface area contributed by atoms with Crippen LogP contribution in [0.25, 0.3) is 0 Å². The summed E-state index contributed by atoms with van der Waals surface area (Å²) < 4.78 is 7.35. The fraction of sp³-hybridized carbons (Fsp3) is 0.600. The maximum Gasteiger partial charge on any atom is 0.124 e. The van der Waals surface area contributed by atoms with Crippen LogP contribution < -0.4 is 10.1 Å². The van der Waals surface area contributed by atoms with E-state index in [0.29, 0.717) is 6.04 Å². The highest BCUT2D eigenvalue weighted by Crippen LogP contribution is 2.42. The quantitative estimate of drug-likeness (QED) is 0.887. The van der Waals surface area contributed by atoms with Crippen molar-refractivity contribution in [2.24, 2.45) is 0 Å². The van der Waals surface area contributed by atoms with Crippen LogP contribution in [0.15, 0.2) is 22.7 Å². The van der Waals surface area contributed by atoms with Gasteiger partial charge in [-0.2, -0.15) is 0 Å². The molecule has 2 nitrogen and oxygen atoms in total. The Kier molecular flexibility index (Phi) is 4.33. The minimum atomic E-state index is -0.0393. The molecule has 2 rings (SSSR count).